The molecule has 0 bridgehead atoms. The highest BCUT2D eigenvalue weighted by Crippen LogP contribution is 2.39. The van der Waals surface area contributed by atoms with Crippen LogP contribution in [0, 0.1) is 0 Å². The van der Waals surface area contributed by atoms with Crippen LogP contribution in [0.5, 0.6) is 0 Å². The first kappa shape index (κ1) is 6.85. The molecule has 11 heavy (non-hydrogen) atoms. The predicted molar refractivity (Wildman–Crippen MR) is 41.0 cm³/mol. The Hall–Kier alpha value is -0.830. The summed E-state index contributed by atoms with van der Waals surface area (Å²) in [5, 5.41) is 9.87. The maximum absolute atomic E-state index is 9.87. The monoisotopic (exact) mass is 152 g/mol. The Labute approximate surface area is 65.7 Å². The van der Waals surface area contributed by atoms with Crippen LogP contribution in [0.15, 0.2) is 12.4 Å². The van der Waals surface area contributed by atoms with Crippen molar-refractivity contribution in [3.63, 3.8) is 0 Å². The summed E-state index contributed by atoms with van der Waals surface area (Å²) >= 11 is 0. The van der Waals surface area contributed by atoms with Gasteiger partial charge in [-0.25, -0.2) is 4.98 Å². The lowest BCUT2D eigenvalue weighted by atomic mass is 9.79. The fraction of sp³-hybridized carbons (Fsp3) is 0.625. The molecule has 0 aliphatic heterocycles. The van der Waals surface area contributed by atoms with E-state index in [0.717, 1.165) is 25.1 Å². The molecule has 3 heteroatoms. The molecule has 1 aromatic heterocycles. The lowest BCUT2D eigenvalue weighted by Gasteiger charge is -2.35. The highest BCUT2D eigenvalue weighted by molar-refractivity contribution is 5.08. The standard InChI is InChI=1S/C8H12N2O/c1-10-6-5-9-7(10)8(11)3-2-4-8/h5-6,11H,2-4H2,1H3. The number of nitrogens with zero attached hydrogens (tertiary/aromatic N) is 2. The molecule has 1 aromatic rings. The van der Waals surface area contributed by atoms with Crippen LogP contribution in [0.1, 0.15) is 25.1 Å². The van der Waals surface area contributed by atoms with Gasteiger partial charge in [0.1, 0.15) is 11.4 Å². The van der Waals surface area contributed by atoms with Gasteiger partial charge in [-0.15, -0.1) is 0 Å². The zero-order valence-corrected chi connectivity index (χ0v) is 6.62. The van der Waals surface area contributed by atoms with Crippen molar-refractivity contribution in [2.24, 2.45) is 7.05 Å². The van der Waals surface area contributed by atoms with Gasteiger partial charge in [0.15, 0.2) is 0 Å². The molecule has 0 radical (unpaired) electrons. The second-order valence-electron chi connectivity index (χ2n) is 3.25. The summed E-state index contributed by atoms with van der Waals surface area (Å²) in [6.45, 7) is 0. The van der Waals surface area contributed by atoms with E-state index in [9.17, 15) is 5.11 Å². The Kier molecular flexibility index (Phi) is 1.29. The Morgan fingerprint density at radius 1 is 1.64 bits per heavy atom. The van der Waals surface area contributed by atoms with Crippen molar-refractivity contribution in [1.82, 2.24) is 9.55 Å². The highest BCUT2D eigenvalue weighted by Gasteiger charge is 2.39. The minimum absolute atomic E-state index is 0.613. The molecule has 1 aliphatic rings. The molecule has 1 fully saturated rings. The molecular weight excluding hydrogens is 140 g/mol. The smallest absolute Gasteiger partial charge is 0.140 e. The van der Waals surface area contributed by atoms with Crippen LogP contribution in [0.2, 0.25) is 0 Å². The van der Waals surface area contributed by atoms with E-state index < -0.39 is 5.60 Å². The van der Waals surface area contributed by atoms with Gasteiger partial charge in [0.05, 0.1) is 0 Å². The second kappa shape index (κ2) is 2.08. The van der Waals surface area contributed by atoms with Crippen molar-refractivity contribution < 1.29 is 5.11 Å². The molecule has 0 spiro atoms. The van der Waals surface area contributed by atoms with Gasteiger partial charge in [0, 0.05) is 19.4 Å². The van der Waals surface area contributed by atoms with Crippen molar-refractivity contribution in [3.8, 4) is 0 Å². The Morgan fingerprint density at radius 2 is 2.36 bits per heavy atom. The molecule has 60 valence electrons. The van der Waals surface area contributed by atoms with E-state index in [0.29, 0.717) is 0 Å². The summed E-state index contributed by atoms with van der Waals surface area (Å²) in [7, 11) is 1.92. The summed E-state index contributed by atoms with van der Waals surface area (Å²) < 4.78 is 1.89. The second-order valence-corrected chi connectivity index (χ2v) is 3.25. The molecule has 3 nitrogen and oxygen atoms in total. The molecular formula is C8H12N2O. The number of hydrogen-bond acceptors (Lipinski definition) is 2. The van der Waals surface area contributed by atoms with Crippen molar-refractivity contribution in [1.29, 1.82) is 0 Å². The molecule has 1 heterocycles. The number of aromatic nitrogens is 2. The Balaban J connectivity index is 2.35. The predicted octanol–water partition coefficient (Wildman–Crippen LogP) is 0.792. The van der Waals surface area contributed by atoms with Crippen LogP contribution in [0.3, 0.4) is 0 Å². The topological polar surface area (TPSA) is 38.0 Å². The number of rotatable bonds is 1. The normalized spacial score (nSPS) is 21.3. The average Bonchev–Trinajstić information content (AvgIpc) is 2.30. The molecule has 2 rings (SSSR count). The molecule has 0 unspecified atom stereocenters. The third kappa shape index (κ3) is 0.878. The first-order chi connectivity index (χ1) is 5.22. The van der Waals surface area contributed by atoms with Crippen LogP contribution < -0.4 is 0 Å². The number of aryl methyl sites for hydroxylation is 1. The van der Waals surface area contributed by atoms with E-state index in [1.165, 1.54) is 0 Å². The van der Waals surface area contributed by atoms with Crippen LogP contribution in [-0.4, -0.2) is 14.7 Å². The quantitative estimate of drug-likeness (QED) is 0.646. The van der Waals surface area contributed by atoms with Crippen LogP contribution in [0.4, 0.5) is 0 Å². The van der Waals surface area contributed by atoms with Gasteiger partial charge >= 0.3 is 0 Å². The maximum atomic E-state index is 9.87. The molecule has 0 atom stereocenters. The number of aliphatic hydroxyl groups is 1. The molecule has 0 aromatic carbocycles. The summed E-state index contributed by atoms with van der Waals surface area (Å²) in [4.78, 5) is 4.12. The van der Waals surface area contributed by atoms with Gasteiger partial charge in [0.25, 0.3) is 0 Å². The van der Waals surface area contributed by atoms with E-state index in [1.54, 1.807) is 6.20 Å². The summed E-state index contributed by atoms with van der Waals surface area (Å²) in [5.74, 6) is 0.809. The highest BCUT2D eigenvalue weighted by atomic mass is 16.3. The first-order valence-corrected chi connectivity index (χ1v) is 3.92. The Bertz CT molecular complexity index is 263. The fourth-order valence-corrected chi connectivity index (χ4v) is 1.55. The molecule has 0 amide bonds. The van der Waals surface area contributed by atoms with E-state index in [4.69, 9.17) is 0 Å². The number of hydrogen-bond donors (Lipinski definition) is 1. The fourth-order valence-electron chi connectivity index (χ4n) is 1.55. The van der Waals surface area contributed by atoms with Crippen LogP contribution in [-0.2, 0) is 12.6 Å². The SMILES string of the molecule is Cn1ccnc1C1(O)CCC1. The lowest BCUT2D eigenvalue weighted by molar-refractivity contribution is -0.0488. The zero-order valence-electron chi connectivity index (χ0n) is 6.62. The van der Waals surface area contributed by atoms with E-state index >= 15 is 0 Å². The third-order valence-electron chi connectivity index (χ3n) is 2.42. The molecule has 0 saturated heterocycles. The zero-order chi connectivity index (χ0) is 7.90. The van der Waals surface area contributed by atoms with Crippen molar-refractivity contribution in [3.05, 3.63) is 18.2 Å². The maximum Gasteiger partial charge on any atom is 0.140 e. The minimum Gasteiger partial charge on any atom is -0.382 e. The van der Waals surface area contributed by atoms with E-state index in [1.807, 2.05) is 17.8 Å². The van der Waals surface area contributed by atoms with Gasteiger partial charge in [-0.2, -0.15) is 0 Å². The summed E-state index contributed by atoms with van der Waals surface area (Å²) in [6, 6.07) is 0. The van der Waals surface area contributed by atoms with Crippen LogP contribution in [0.25, 0.3) is 0 Å². The van der Waals surface area contributed by atoms with Gasteiger partial charge in [-0.3, -0.25) is 0 Å². The van der Waals surface area contributed by atoms with Gasteiger partial charge < -0.3 is 9.67 Å². The minimum atomic E-state index is -0.613. The summed E-state index contributed by atoms with van der Waals surface area (Å²) in [5.41, 5.74) is -0.613. The Morgan fingerprint density at radius 3 is 2.73 bits per heavy atom. The van der Waals surface area contributed by atoms with Gasteiger partial charge in [0.2, 0.25) is 0 Å². The lowest BCUT2D eigenvalue weighted by Crippen LogP contribution is -2.36. The molecule has 1 N–H and O–H groups in total. The van der Waals surface area contributed by atoms with Crippen molar-refractivity contribution in [2.75, 3.05) is 0 Å². The molecule has 1 aliphatic carbocycles. The first-order valence-electron chi connectivity index (χ1n) is 3.92. The van der Waals surface area contributed by atoms with Crippen molar-refractivity contribution >= 4 is 0 Å². The average molecular weight is 152 g/mol. The largest absolute Gasteiger partial charge is 0.382 e. The van der Waals surface area contributed by atoms with Gasteiger partial charge in [-0.05, 0) is 19.3 Å². The van der Waals surface area contributed by atoms with Gasteiger partial charge in [-0.1, -0.05) is 0 Å². The van der Waals surface area contributed by atoms with Crippen LogP contribution >= 0.6 is 0 Å². The van der Waals surface area contributed by atoms with E-state index in [2.05, 4.69) is 4.98 Å². The number of imidazole rings is 1. The third-order valence-corrected chi connectivity index (χ3v) is 2.42. The summed E-state index contributed by atoms with van der Waals surface area (Å²) in [6.07, 6.45) is 6.43. The van der Waals surface area contributed by atoms with Crippen molar-refractivity contribution in [2.45, 2.75) is 24.9 Å². The molecule has 1 saturated carbocycles. The van der Waals surface area contributed by atoms with E-state index in [-0.39, 0.29) is 0 Å².